The summed E-state index contributed by atoms with van der Waals surface area (Å²) in [6.45, 7) is 21.2. The lowest BCUT2D eigenvalue weighted by Crippen LogP contribution is -2.82. The zero-order valence-electron chi connectivity index (χ0n) is 17.8. The predicted molar refractivity (Wildman–Crippen MR) is 111 cm³/mol. The van der Waals surface area contributed by atoms with Crippen LogP contribution in [0.5, 0.6) is 0 Å². The smallest absolute Gasteiger partial charge is 0.303 e. The van der Waals surface area contributed by atoms with Gasteiger partial charge in [0.05, 0.1) is 0 Å². The van der Waals surface area contributed by atoms with Crippen molar-refractivity contribution in [2.45, 2.75) is 80.1 Å². The van der Waals surface area contributed by atoms with Crippen molar-refractivity contribution in [2.24, 2.45) is 0 Å². The number of rotatable bonds is 16. The molecule has 0 spiro atoms. The molecule has 0 aliphatic rings. The minimum atomic E-state index is -2.03. The van der Waals surface area contributed by atoms with E-state index in [0.717, 1.165) is 0 Å². The van der Waals surface area contributed by atoms with Crippen LogP contribution in [0.25, 0.3) is 0 Å². The largest absolute Gasteiger partial charge is 0.373 e. The van der Waals surface area contributed by atoms with Crippen molar-refractivity contribution in [1.29, 1.82) is 0 Å². The predicted octanol–water partition coefficient (Wildman–Crippen LogP) is 4.01. The molecule has 0 amide bonds. The lowest BCUT2D eigenvalue weighted by molar-refractivity contribution is 0.222. The van der Waals surface area contributed by atoms with E-state index in [4.69, 9.17) is 0 Å². The van der Waals surface area contributed by atoms with Crippen LogP contribution in [0, 0.1) is 0 Å². The van der Waals surface area contributed by atoms with E-state index in [1.165, 1.54) is 77.8 Å². The maximum atomic E-state index is 3.94. The Balaban J connectivity index is 5.99. The molecular formula is C19H46N4Si. The number of nitrogens with one attached hydrogen (secondary N) is 1. The summed E-state index contributed by atoms with van der Waals surface area (Å²) in [6, 6.07) is 0. The van der Waals surface area contributed by atoms with E-state index >= 15 is 0 Å². The third-order valence-corrected chi connectivity index (χ3v) is 9.28. The maximum absolute atomic E-state index is 3.94. The van der Waals surface area contributed by atoms with E-state index < -0.39 is 8.72 Å². The van der Waals surface area contributed by atoms with Gasteiger partial charge in [0.2, 0.25) is 0 Å². The van der Waals surface area contributed by atoms with Crippen molar-refractivity contribution in [3.05, 3.63) is 0 Å². The van der Waals surface area contributed by atoms with Gasteiger partial charge in [0, 0.05) is 0 Å². The quantitative estimate of drug-likeness (QED) is 0.421. The molecule has 146 valence electrons. The summed E-state index contributed by atoms with van der Waals surface area (Å²) in [5.74, 6) is 0. The second-order valence-electron chi connectivity index (χ2n) is 6.85. The van der Waals surface area contributed by atoms with Crippen LogP contribution in [0.15, 0.2) is 0 Å². The van der Waals surface area contributed by atoms with Gasteiger partial charge in [0.15, 0.2) is 0 Å². The fraction of sp³-hybridized carbons (Fsp3) is 1.00. The Hall–Kier alpha value is 0.0569. The zero-order chi connectivity index (χ0) is 18.4. The van der Waals surface area contributed by atoms with Gasteiger partial charge in [-0.25, -0.2) is 0 Å². The standard InChI is InChI=1S/C19H46N4Si/c1-8-14-21(15-9-2)24(20-7,22(16-10-3)17-11-4)23(18-12-5)19-13-6/h20H,8-19H2,1-7H3. The zero-order valence-corrected chi connectivity index (χ0v) is 18.8. The molecule has 0 rings (SSSR count). The Morgan fingerprint density at radius 3 is 0.833 bits per heavy atom. The highest BCUT2D eigenvalue weighted by atomic mass is 28.4. The van der Waals surface area contributed by atoms with Crippen LogP contribution >= 0.6 is 0 Å². The van der Waals surface area contributed by atoms with Crippen LogP contribution in [0.3, 0.4) is 0 Å². The highest BCUT2D eigenvalue weighted by Gasteiger charge is 2.49. The average molecular weight is 359 g/mol. The van der Waals surface area contributed by atoms with Crippen molar-refractivity contribution >= 4 is 8.72 Å². The van der Waals surface area contributed by atoms with Crippen molar-refractivity contribution in [1.82, 2.24) is 18.7 Å². The fourth-order valence-electron chi connectivity index (χ4n) is 3.96. The van der Waals surface area contributed by atoms with Crippen molar-refractivity contribution in [2.75, 3.05) is 46.3 Å². The molecule has 0 radical (unpaired) electrons. The van der Waals surface area contributed by atoms with Crippen molar-refractivity contribution < 1.29 is 0 Å². The van der Waals surface area contributed by atoms with E-state index in [9.17, 15) is 0 Å². The van der Waals surface area contributed by atoms with Gasteiger partial charge in [-0.15, -0.1) is 0 Å². The summed E-state index contributed by atoms with van der Waals surface area (Å²) in [6.07, 6.45) is 7.38. The van der Waals surface area contributed by atoms with Crippen LogP contribution in [0.2, 0.25) is 0 Å². The first-order valence-corrected chi connectivity index (χ1v) is 12.4. The van der Waals surface area contributed by atoms with Gasteiger partial charge in [0.1, 0.15) is 0 Å². The molecule has 0 saturated heterocycles. The highest BCUT2D eigenvalue weighted by Crippen LogP contribution is 2.21. The Labute approximate surface area is 154 Å². The highest BCUT2D eigenvalue weighted by molar-refractivity contribution is 6.69. The summed E-state index contributed by atoms with van der Waals surface area (Å²) in [5.41, 5.74) is 0. The van der Waals surface area contributed by atoms with Gasteiger partial charge in [-0.2, -0.15) is 0 Å². The second kappa shape index (κ2) is 14.2. The van der Waals surface area contributed by atoms with Gasteiger partial charge < -0.3 is 4.98 Å². The summed E-state index contributed by atoms with van der Waals surface area (Å²) >= 11 is 0. The van der Waals surface area contributed by atoms with Gasteiger partial charge >= 0.3 is 8.72 Å². The van der Waals surface area contributed by atoms with Crippen LogP contribution in [-0.2, 0) is 0 Å². The fourth-order valence-corrected chi connectivity index (χ4v) is 9.33. The van der Waals surface area contributed by atoms with Crippen LogP contribution < -0.4 is 4.98 Å². The molecule has 0 fully saturated rings. The first-order chi connectivity index (χ1) is 11.6. The lowest BCUT2D eigenvalue weighted by atomic mass is 10.4. The molecule has 0 aromatic heterocycles. The topological polar surface area (TPSA) is 21.8 Å². The molecule has 0 aromatic rings. The molecule has 24 heavy (non-hydrogen) atoms. The van der Waals surface area contributed by atoms with Gasteiger partial charge in [-0.3, -0.25) is 13.7 Å². The molecule has 4 nitrogen and oxygen atoms in total. The van der Waals surface area contributed by atoms with Gasteiger partial charge in [0.25, 0.3) is 0 Å². The minimum absolute atomic E-state index is 1.20. The first kappa shape index (κ1) is 24.1. The second-order valence-corrected chi connectivity index (χ2v) is 10.5. The third kappa shape index (κ3) is 6.41. The molecule has 5 heteroatoms. The molecule has 0 heterocycles. The van der Waals surface area contributed by atoms with E-state index in [2.05, 4.69) is 67.3 Å². The summed E-state index contributed by atoms with van der Waals surface area (Å²) < 4.78 is 8.51. The van der Waals surface area contributed by atoms with Gasteiger partial charge in [-0.1, -0.05) is 41.5 Å². The Bertz CT molecular complexity index is 230. The normalized spacial score (nSPS) is 12.8. The molecular weight excluding hydrogens is 312 g/mol. The molecule has 0 atom stereocenters. The molecule has 0 aliphatic heterocycles. The number of nitrogens with zero attached hydrogens (tertiary/aromatic N) is 3. The van der Waals surface area contributed by atoms with E-state index in [1.54, 1.807) is 0 Å². The first-order valence-electron chi connectivity index (χ1n) is 10.6. The summed E-state index contributed by atoms with van der Waals surface area (Å²) in [7, 11) is 0.190. The SMILES string of the molecule is CCCN(CCC)[Si](NC)(N(CCC)CCC)N(CCC)CCC. The average Bonchev–Trinajstić information content (AvgIpc) is 2.57. The minimum Gasteiger partial charge on any atom is -0.303 e. The number of hydrogen-bond donors (Lipinski definition) is 1. The molecule has 1 N–H and O–H groups in total. The van der Waals surface area contributed by atoms with Crippen LogP contribution in [0.1, 0.15) is 80.1 Å². The Kier molecular flexibility index (Phi) is 14.3. The van der Waals surface area contributed by atoms with Crippen LogP contribution in [-0.4, -0.2) is 68.7 Å². The maximum Gasteiger partial charge on any atom is 0.373 e. The molecule has 0 aliphatic carbocycles. The van der Waals surface area contributed by atoms with Crippen molar-refractivity contribution in [3.63, 3.8) is 0 Å². The monoisotopic (exact) mass is 358 g/mol. The van der Waals surface area contributed by atoms with E-state index in [-0.39, 0.29) is 0 Å². The summed E-state index contributed by atoms with van der Waals surface area (Å²) in [4.78, 5) is 3.94. The summed E-state index contributed by atoms with van der Waals surface area (Å²) in [5, 5.41) is 0. The third-order valence-electron chi connectivity index (χ3n) is 4.62. The molecule has 0 saturated carbocycles. The molecule has 0 bridgehead atoms. The van der Waals surface area contributed by atoms with Crippen molar-refractivity contribution in [3.8, 4) is 0 Å². The van der Waals surface area contributed by atoms with E-state index in [1.807, 2.05) is 0 Å². The Morgan fingerprint density at radius 2 is 0.708 bits per heavy atom. The molecule has 0 aromatic carbocycles. The van der Waals surface area contributed by atoms with Crippen LogP contribution in [0.4, 0.5) is 0 Å². The number of hydrogen-bond acceptors (Lipinski definition) is 4. The van der Waals surface area contributed by atoms with Gasteiger partial charge in [-0.05, 0) is 84.8 Å². The van der Waals surface area contributed by atoms with E-state index in [0.29, 0.717) is 0 Å². The Morgan fingerprint density at radius 1 is 0.500 bits per heavy atom. The molecule has 0 unspecified atom stereocenters. The lowest BCUT2D eigenvalue weighted by Gasteiger charge is -2.53.